The SMILES string of the molecule is CNS(=O)(=O)Cc1ccc2[nH]c(C(=O)O)c(CCN3CCN(c4ncncc4OC)CC3)c2c1. The van der Waals surface area contributed by atoms with E-state index in [1.165, 1.54) is 13.4 Å². The van der Waals surface area contributed by atoms with Gasteiger partial charge < -0.3 is 19.7 Å². The molecule has 12 heteroatoms. The van der Waals surface area contributed by atoms with E-state index >= 15 is 0 Å². The minimum absolute atomic E-state index is 0.146. The number of piperazine rings is 1. The zero-order valence-corrected chi connectivity index (χ0v) is 19.9. The first-order chi connectivity index (χ1) is 16.3. The Bertz CT molecular complexity index is 1280. The van der Waals surface area contributed by atoms with Gasteiger partial charge >= 0.3 is 5.97 Å². The van der Waals surface area contributed by atoms with Gasteiger partial charge in [0.1, 0.15) is 12.0 Å². The van der Waals surface area contributed by atoms with E-state index in [0.29, 0.717) is 35.4 Å². The van der Waals surface area contributed by atoms with Gasteiger partial charge in [-0.15, -0.1) is 0 Å². The fraction of sp³-hybridized carbons (Fsp3) is 0.409. The average molecular weight is 489 g/mol. The molecule has 1 aromatic carbocycles. The van der Waals surface area contributed by atoms with Crippen molar-refractivity contribution in [2.45, 2.75) is 12.2 Å². The minimum atomic E-state index is -3.43. The third-order valence-electron chi connectivity index (χ3n) is 6.08. The Morgan fingerprint density at radius 2 is 2.03 bits per heavy atom. The number of anilines is 1. The summed E-state index contributed by atoms with van der Waals surface area (Å²) in [6.07, 6.45) is 3.68. The average Bonchev–Trinajstić information content (AvgIpc) is 3.21. The van der Waals surface area contributed by atoms with Gasteiger partial charge in [0.2, 0.25) is 10.0 Å². The minimum Gasteiger partial charge on any atom is -0.491 e. The molecule has 1 aliphatic heterocycles. The van der Waals surface area contributed by atoms with E-state index in [-0.39, 0.29) is 11.4 Å². The Labute approximate surface area is 197 Å². The molecule has 2 aromatic heterocycles. The molecule has 1 saturated heterocycles. The van der Waals surface area contributed by atoms with Crippen LogP contribution in [0.3, 0.4) is 0 Å². The van der Waals surface area contributed by atoms with Gasteiger partial charge in [-0.3, -0.25) is 4.90 Å². The van der Waals surface area contributed by atoms with Crippen LogP contribution >= 0.6 is 0 Å². The van der Waals surface area contributed by atoms with Crippen LogP contribution in [0.15, 0.2) is 30.7 Å². The lowest BCUT2D eigenvalue weighted by Crippen LogP contribution is -2.47. The Balaban J connectivity index is 1.48. The zero-order valence-electron chi connectivity index (χ0n) is 19.1. The van der Waals surface area contributed by atoms with E-state index in [2.05, 4.69) is 29.5 Å². The van der Waals surface area contributed by atoms with Crippen molar-refractivity contribution in [1.29, 1.82) is 0 Å². The highest BCUT2D eigenvalue weighted by Crippen LogP contribution is 2.27. The molecule has 0 aliphatic carbocycles. The first kappa shape index (κ1) is 23.9. The third-order valence-corrected chi connectivity index (χ3v) is 7.42. The van der Waals surface area contributed by atoms with Crippen LogP contribution in [-0.4, -0.2) is 86.2 Å². The second kappa shape index (κ2) is 9.95. The maximum atomic E-state index is 12.0. The summed E-state index contributed by atoms with van der Waals surface area (Å²) >= 11 is 0. The standard InChI is InChI=1S/C22H28N6O5S/c1-23-34(31,32)13-15-3-4-18-17(11-15)16(20(26-18)22(29)30)5-6-27-7-9-28(10-8-27)21-19(33-2)12-24-14-25-21/h3-4,11-12,14,23,26H,5-10,13H2,1-2H3,(H,29,30). The predicted molar refractivity (Wildman–Crippen MR) is 128 cm³/mol. The number of fused-ring (bicyclic) bond motifs is 1. The number of rotatable bonds is 9. The third kappa shape index (κ3) is 5.13. The highest BCUT2D eigenvalue weighted by Gasteiger charge is 2.23. The molecule has 0 saturated carbocycles. The Hall–Kier alpha value is -3.22. The summed E-state index contributed by atoms with van der Waals surface area (Å²) in [7, 11) is -0.463. The number of sulfonamides is 1. The number of methoxy groups -OCH3 is 1. The van der Waals surface area contributed by atoms with E-state index < -0.39 is 16.0 Å². The summed E-state index contributed by atoms with van der Waals surface area (Å²) in [4.78, 5) is 27.6. The molecule has 0 radical (unpaired) electrons. The van der Waals surface area contributed by atoms with Crippen molar-refractivity contribution in [3.63, 3.8) is 0 Å². The molecule has 34 heavy (non-hydrogen) atoms. The number of aromatic carboxylic acids is 1. The molecule has 182 valence electrons. The number of ether oxygens (including phenoxy) is 1. The van der Waals surface area contributed by atoms with Crippen LogP contribution in [0.2, 0.25) is 0 Å². The molecular weight excluding hydrogens is 460 g/mol. The molecule has 1 aliphatic rings. The molecule has 3 heterocycles. The van der Waals surface area contributed by atoms with Gasteiger partial charge in [0.05, 0.1) is 19.1 Å². The summed E-state index contributed by atoms with van der Waals surface area (Å²) in [5, 5.41) is 10.5. The number of hydrogen-bond donors (Lipinski definition) is 3. The summed E-state index contributed by atoms with van der Waals surface area (Å²) in [5.74, 6) is 0.209. The zero-order chi connectivity index (χ0) is 24.3. The fourth-order valence-electron chi connectivity index (χ4n) is 4.26. The van der Waals surface area contributed by atoms with Crippen molar-refractivity contribution in [3.05, 3.63) is 47.5 Å². The van der Waals surface area contributed by atoms with Crippen molar-refractivity contribution in [1.82, 2.24) is 24.6 Å². The largest absolute Gasteiger partial charge is 0.491 e. The van der Waals surface area contributed by atoms with Crippen LogP contribution in [0.4, 0.5) is 5.82 Å². The molecule has 0 bridgehead atoms. The molecule has 1 fully saturated rings. The van der Waals surface area contributed by atoms with Gasteiger partial charge in [0, 0.05) is 43.6 Å². The maximum absolute atomic E-state index is 12.0. The lowest BCUT2D eigenvalue weighted by Gasteiger charge is -2.35. The molecule has 3 N–H and O–H groups in total. The first-order valence-corrected chi connectivity index (χ1v) is 12.6. The van der Waals surface area contributed by atoms with Crippen molar-refractivity contribution < 1.29 is 23.1 Å². The van der Waals surface area contributed by atoms with E-state index in [0.717, 1.165) is 37.4 Å². The van der Waals surface area contributed by atoms with Crippen LogP contribution in [0.5, 0.6) is 5.75 Å². The number of aromatic nitrogens is 3. The van der Waals surface area contributed by atoms with E-state index in [1.54, 1.807) is 31.5 Å². The van der Waals surface area contributed by atoms with Crippen molar-refractivity contribution >= 4 is 32.7 Å². The lowest BCUT2D eigenvalue weighted by atomic mass is 10.0. The van der Waals surface area contributed by atoms with Crippen molar-refractivity contribution in [2.75, 3.05) is 51.8 Å². The summed E-state index contributed by atoms with van der Waals surface area (Å²) < 4.78 is 31.6. The molecule has 3 aromatic rings. The lowest BCUT2D eigenvalue weighted by molar-refractivity contribution is 0.0690. The summed E-state index contributed by atoms with van der Waals surface area (Å²) in [6.45, 7) is 3.80. The van der Waals surface area contributed by atoms with E-state index in [1.807, 2.05) is 0 Å². The Morgan fingerprint density at radius 1 is 1.26 bits per heavy atom. The molecular formula is C22H28N6O5S. The number of H-pyrrole nitrogens is 1. The second-order valence-corrected chi connectivity index (χ2v) is 10.0. The number of carboxylic acids is 1. The first-order valence-electron chi connectivity index (χ1n) is 10.9. The predicted octanol–water partition coefficient (Wildman–Crippen LogP) is 1.08. The van der Waals surface area contributed by atoms with Gasteiger partial charge in [-0.05, 0) is 36.7 Å². The number of carbonyl (C=O) groups is 1. The molecule has 0 atom stereocenters. The molecule has 0 amide bonds. The maximum Gasteiger partial charge on any atom is 0.352 e. The van der Waals surface area contributed by atoms with Crippen LogP contribution in [-0.2, 0) is 22.2 Å². The monoisotopic (exact) mass is 488 g/mol. The van der Waals surface area contributed by atoms with Gasteiger partial charge in [-0.1, -0.05) is 6.07 Å². The van der Waals surface area contributed by atoms with E-state index in [4.69, 9.17) is 4.74 Å². The van der Waals surface area contributed by atoms with Crippen LogP contribution in [0.25, 0.3) is 10.9 Å². The van der Waals surface area contributed by atoms with Crippen molar-refractivity contribution in [3.8, 4) is 5.75 Å². The molecule has 11 nitrogen and oxygen atoms in total. The van der Waals surface area contributed by atoms with E-state index in [9.17, 15) is 18.3 Å². The van der Waals surface area contributed by atoms with Crippen LogP contribution in [0.1, 0.15) is 21.6 Å². The number of aromatic amines is 1. The highest BCUT2D eigenvalue weighted by atomic mass is 32.2. The topological polar surface area (TPSA) is 141 Å². The number of benzene rings is 1. The number of carboxylic acid groups (broad SMARTS) is 1. The quantitative estimate of drug-likeness (QED) is 0.403. The fourth-order valence-corrected chi connectivity index (χ4v) is 5.03. The second-order valence-electron chi connectivity index (χ2n) is 8.12. The van der Waals surface area contributed by atoms with Crippen molar-refractivity contribution in [2.24, 2.45) is 0 Å². The van der Waals surface area contributed by atoms with Gasteiger partial charge in [-0.25, -0.2) is 27.9 Å². The van der Waals surface area contributed by atoms with Crippen LogP contribution < -0.4 is 14.4 Å². The number of nitrogens with one attached hydrogen (secondary N) is 2. The normalized spacial score (nSPS) is 15.1. The van der Waals surface area contributed by atoms with Gasteiger partial charge in [-0.2, -0.15) is 0 Å². The Morgan fingerprint density at radius 3 is 2.71 bits per heavy atom. The van der Waals surface area contributed by atoms with Crippen LogP contribution in [0, 0.1) is 0 Å². The molecule has 4 rings (SSSR count). The Kier molecular flexibility index (Phi) is 7.00. The molecule has 0 unspecified atom stereocenters. The number of nitrogens with zero attached hydrogens (tertiary/aromatic N) is 4. The van der Waals surface area contributed by atoms with Gasteiger partial charge in [0.25, 0.3) is 0 Å². The molecule has 0 spiro atoms. The number of hydrogen-bond acceptors (Lipinski definition) is 8. The summed E-state index contributed by atoms with van der Waals surface area (Å²) in [6, 6.07) is 5.20. The summed E-state index contributed by atoms with van der Waals surface area (Å²) in [5.41, 5.74) is 2.12. The highest BCUT2D eigenvalue weighted by molar-refractivity contribution is 7.88. The van der Waals surface area contributed by atoms with Gasteiger partial charge in [0.15, 0.2) is 11.6 Å². The smallest absolute Gasteiger partial charge is 0.352 e.